The van der Waals surface area contributed by atoms with Gasteiger partial charge in [0, 0.05) is 11.8 Å². The third kappa shape index (κ3) is 4.23. The number of ether oxygens (including phenoxy) is 2. The first-order valence-corrected chi connectivity index (χ1v) is 7.44. The Kier molecular flexibility index (Phi) is 5.74. The smallest absolute Gasteiger partial charge is 0.305 e. The summed E-state index contributed by atoms with van der Waals surface area (Å²) in [6.07, 6.45) is 5.89. The van der Waals surface area contributed by atoms with Crippen molar-refractivity contribution in [1.29, 1.82) is 5.26 Å². The molecule has 24 heavy (non-hydrogen) atoms. The van der Waals surface area contributed by atoms with Crippen molar-refractivity contribution in [3.63, 3.8) is 0 Å². The van der Waals surface area contributed by atoms with Crippen LogP contribution in [0.5, 0.6) is 5.75 Å². The lowest BCUT2D eigenvalue weighted by atomic mass is 10.1. The molecule has 6 nitrogen and oxygen atoms in total. The van der Waals surface area contributed by atoms with Crippen LogP contribution in [0, 0.1) is 18.3 Å². The topological polar surface area (TPSA) is 77.1 Å². The van der Waals surface area contributed by atoms with Crippen LogP contribution in [-0.2, 0) is 9.53 Å². The Labute approximate surface area is 141 Å². The number of methoxy groups -OCH3 is 2. The molecule has 0 saturated heterocycles. The molecule has 6 heteroatoms. The number of benzene rings is 1. The van der Waals surface area contributed by atoms with Crippen molar-refractivity contribution in [3.8, 4) is 17.5 Å². The maximum atomic E-state index is 11.2. The van der Waals surface area contributed by atoms with Crippen LogP contribution in [0.15, 0.2) is 36.3 Å². The Bertz CT molecular complexity index is 800. The van der Waals surface area contributed by atoms with Gasteiger partial charge in [-0.3, -0.25) is 4.79 Å². The highest BCUT2D eigenvalue weighted by Gasteiger charge is 2.08. The van der Waals surface area contributed by atoms with Gasteiger partial charge in [0.15, 0.2) is 0 Å². The predicted octanol–water partition coefficient (Wildman–Crippen LogP) is 3.05. The van der Waals surface area contributed by atoms with Crippen LogP contribution in [0.1, 0.15) is 24.1 Å². The molecule has 0 aliphatic carbocycles. The summed E-state index contributed by atoms with van der Waals surface area (Å²) in [6, 6.07) is 7.76. The van der Waals surface area contributed by atoms with Crippen LogP contribution in [0.4, 0.5) is 0 Å². The molecule has 2 rings (SSSR count). The summed E-state index contributed by atoms with van der Waals surface area (Å²) in [6.45, 7) is 1.92. The molecule has 0 N–H and O–H groups in total. The first kappa shape index (κ1) is 17.3. The number of aryl methyl sites for hydroxylation is 1. The highest BCUT2D eigenvalue weighted by molar-refractivity contribution is 5.70. The van der Waals surface area contributed by atoms with Gasteiger partial charge in [0.25, 0.3) is 0 Å². The van der Waals surface area contributed by atoms with Crippen LogP contribution >= 0.6 is 0 Å². The third-order valence-electron chi connectivity index (χ3n) is 3.50. The average Bonchev–Trinajstić information content (AvgIpc) is 3.04. The van der Waals surface area contributed by atoms with E-state index in [-0.39, 0.29) is 12.4 Å². The number of carbonyl (C=O) groups excluding carboxylic acids is 1. The quantitative estimate of drug-likeness (QED) is 0.602. The van der Waals surface area contributed by atoms with E-state index in [1.807, 2.05) is 35.9 Å². The lowest BCUT2D eigenvalue weighted by Crippen LogP contribution is -2.00. The fraction of sp³-hybridized carbons (Fsp3) is 0.278. The molecule has 124 valence electrons. The molecule has 1 aromatic carbocycles. The Hall–Kier alpha value is -3.07. The van der Waals surface area contributed by atoms with Gasteiger partial charge in [0.2, 0.25) is 0 Å². The number of esters is 1. The second kappa shape index (κ2) is 7.97. The summed E-state index contributed by atoms with van der Waals surface area (Å²) >= 11 is 0. The molecule has 0 radical (unpaired) electrons. The van der Waals surface area contributed by atoms with Crippen LogP contribution in [0.3, 0.4) is 0 Å². The molecule has 0 aliphatic heterocycles. The maximum Gasteiger partial charge on any atom is 0.305 e. The lowest BCUT2D eigenvalue weighted by molar-refractivity contribution is -0.140. The van der Waals surface area contributed by atoms with Crippen molar-refractivity contribution in [2.45, 2.75) is 19.8 Å². The van der Waals surface area contributed by atoms with Gasteiger partial charge >= 0.3 is 5.97 Å². The zero-order chi connectivity index (χ0) is 17.5. The van der Waals surface area contributed by atoms with Crippen LogP contribution < -0.4 is 4.74 Å². The van der Waals surface area contributed by atoms with E-state index >= 15 is 0 Å². The molecule has 0 amide bonds. The van der Waals surface area contributed by atoms with Gasteiger partial charge in [-0.05, 0) is 37.1 Å². The number of hydrogen-bond donors (Lipinski definition) is 0. The van der Waals surface area contributed by atoms with E-state index in [1.54, 1.807) is 19.5 Å². The van der Waals surface area contributed by atoms with E-state index < -0.39 is 0 Å². The molecule has 0 atom stereocenters. The Morgan fingerprint density at radius 1 is 1.38 bits per heavy atom. The molecule has 1 heterocycles. The number of aromatic nitrogens is 2. The van der Waals surface area contributed by atoms with Crippen molar-refractivity contribution in [2.24, 2.45) is 0 Å². The molecule has 2 aromatic rings. The number of imidazole rings is 1. The van der Waals surface area contributed by atoms with E-state index in [9.17, 15) is 10.1 Å². The van der Waals surface area contributed by atoms with E-state index in [0.717, 1.165) is 16.9 Å². The summed E-state index contributed by atoms with van der Waals surface area (Å²) < 4.78 is 11.9. The number of rotatable bonds is 6. The SMILES string of the molecule is COC(=O)CC/C(C#N)=C\c1ccc(-n2cnc(C)c2)c(OC)c1. The molecule has 1 aromatic heterocycles. The highest BCUT2D eigenvalue weighted by Crippen LogP contribution is 2.26. The van der Waals surface area contributed by atoms with Gasteiger partial charge in [0.05, 0.1) is 44.4 Å². The lowest BCUT2D eigenvalue weighted by Gasteiger charge is -2.10. The summed E-state index contributed by atoms with van der Waals surface area (Å²) in [4.78, 5) is 15.4. The Morgan fingerprint density at radius 2 is 2.17 bits per heavy atom. The third-order valence-corrected chi connectivity index (χ3v) is 3.50. The normalized spacial score (nSPS) is 11.0. The fourth-order valence-corrected chi connectivity index (χ4v) is 2.25. The van der Waals surface area contributed by atoms with E-state index in [4.69, 9.17) is 4.74 Å². The minimum atomic E-state index is -0.334. The average molecular weight is 325 g/mol. The zero-order valence-corrected chi connectivity index (χ0v) is 13.9. The molecule has 0 saturated carbocycles. The first-order chi connectivity index (χ1) is 11.6. The highest BCUT2D eigenvalue weighted by atomic mass is 16.5. The number of nitrogens with zero attached hydrogens (tertiary/aromatic N) is 3. The van der Waals surface area contributed by atoms with Gasteiger partial charge < -0.3 is 14.0 Å². The van der Waals surface area contributed by atoms with Crippen LogP contribution in [0.2, 0.25) is 0 Å². The summed E-state index contributed by atoms with van der Waals surface area (Å²) in [5, 5.41) is 9.22. The molecular formula is C18H19N3O3. The molecule has 0 spiro atoms. The second-order valence-corrected chi connectivity index (χ2v) is 5.21. The largest absolute Gasteiger partial charge is 0.495 e. The molecule has 0 fully saturated rings. The summed E-state index contributed by atoms with van der Waals surface area (Å²) in [5.41, 5.74) is 3.11. The fourth-order valence-electron chi connectivity index (χ4n) is 2.25. The second-order valence-electron chi connectivity index (χ2n) is 5.21. The van der Waals surface area contributed by atoms with Crippen LogP contribution in [-0.4, -0.2) is 29.7 Å². The van der Waals surface area contributed by atoms with Crippen molar-refractivity contribution in [1.82, 2.24) is 9.55 Å². The van der Waals surface area contributed by atoms with Gasteiger partial charge in [0.1, 0.15) is 5.75 Å². The monoisotopic (exact) mass is 325 g/mol. The molecule has 0 bridgehead atoms. The molecule has 0 unspecified atom stereocenters. The van der Waals surface area contributed by atoms with Crippen molar-refractivity contribution < 1.29 is 14.3 Å². The van der Waals surface area contributed by atoms with E-state index in [0.29, 0.717) is 17.7 Å². The van der Waals surface area contributed by atoms with E-state index in [1.165, 1.54) is 7.11 Å². The predicted molar refractivity (Wildman–Crippen MR) is 89.7 cm³/mol. The standard InChI is InChI=1S/C18H19N3O3/c1-13-11-21(12-20-13)16-6-4-14(9-17(16)23-2)8-15(10-19)5-7-18(22)24-3/h4,6,8-9,11-12H,5,7H2,1-3H3/b15-8+. The van der Waals surface area contributed by atoms with Crippen LogP contribution in [0.25, 0.3) is 11.8 Å². The van der Waals surface area contributed by atoms with Crippen molar-refractivity contribution in [2.75, 3.05) is 14.2 Å². The minimum Gasteiger partial charge on any atom is -0.495 e. The Balaban J connectivity index is 2.26. The van der Waals surface area contributed by atoms with E-state index in [2.05, 4.69) is 15.8 Å². The number of nitriles is 1. The number of carbonyl (C=O) groups is 1. The molecule has 0 aliphatic rings. The van der Waals surface area contributed by atoms with Gasteiger partial charge in [-0.15, -0.1) is 0 Å². The van der Waals surface area contributed by atoms with Gasteiger partial charge in [-0.25, -0.2) is 4.98 Å². The van der Waals surface area contributed by atoms with Gasteiger partial charge in [-0.2, -0.15) is 5.26 Å². The summed E-state index contributed by atoms with van der Waals surface area (Å²) in [5.74, 6) is 0.339. The Morgan fingerprint density at radius 3 is 2.75 bits per heavy atom. The summed E-state index contributed by atoms with van der Waals surface area (Å²) in [7, 11) is 2.93. The number of hydrogen-bond acceptors (Lipinski definition) is 5. The number of allylic oxidation sites excluding steroid dienone is 1. The van der Waals surface area contributed by atoms with Crippen molar-refractivity contribution >= 4 is 12.0 Å². The zero-order valence-electron chi connectivity index (χ0n) is 13.9. The minimum absolute atomic E-state index is 0.180. The van der Waals surface area contributed by atoms with Crippen molar-refractivity contribution in [3.05, 3.63) is 47.6 Å². The molecular weight excluding hydrogens is 306 g/mol. The maximum absolute atomic E-state index is 11.2. The first-order valence-electron chi connectivity index (χ1n) is 7.44. The van der Waals surface area contributed by atoms with Gasteiger partial charge in [-0.1, -0.05) is 6.07 Å².